The average molecular weight is 1100 g/mol. The molecule has 22 heteroatoms. The number of sulfonamides is 1. The Bertz CT molecular complexity index is 3410. The summed E-state index contributed by atoms with van der Waals surface area (Å²) in [6.07, 6.45) is 5.01. The summed E-state index contributed by atoms with van der Waals surface area (Å²) < 4.78 is 56.1. The molecule has 2 aliphatic rings. The van der Waals surface area contributed by atoms with Crippen LogP contribution in [0.25, 0.3) is 28.2 Å². The van der Waals surface area contributed by atoms with E-state index in [4.69, 9.17) is 73.3 Å². The van der Waals surface area contributed by atoms with Gasteiger partial charge in [-0.05, 0) is 153 Å². The van der Waals surface area contributed by atoms with Crippen LogP contribution >= 0.6 is 34.8 Å². The first-order chi connectivity index (χ1) is 35.6. The number of carbonyl (C=O) groups is 1. The van der Waals surface area contributed by atoms with Gasteiger partial charge in [-0.25, -0.2) is 32.3 Å². The molecule has 0 saturated carbocycles. The Kier molecular flexibility index (Phi) is 17.9. The number of aliphatic imine (C=N–C) groups is 2. The Morgan fingerprint density at radius 3 is 2.07 bits per heavy atom. The fourth-order valence-corrected chi connectivity index (χ4v) is 9.66. The van der Waals surface area contributed by atoms with E-state index < -0.39 is 39.3 Å². The molecule has 3 heterocycles. The highest BCUT2D eigenvalue weighted by Crippen LogP contribution is 2.39. The molecule has 1 atom stereocenters. The van der Waals surface area contributed by atoms with E-state index in [1.54, 1.807) is 6.07 Å². The number of halogens is 5. The Morgan fingerprint density at radius 1 is 0.800 bits per heavy atom. The lowest BCUT2D eigenvalue weighted by atomic mass is 9.85. The number of nitrogens with two attached hydrogens (primary N) is 6. The molecule has 9 rings (SSSR count). The lowest BCUT2D eigenvalue weighted by molar-refractivity contribution is -0.114. The third-order valence-corrected chi connectivity index (χ3v) is 13.6. The molecule has 1 saturated heterocycles. The smallest absolute Gasteiger partial charge is 0.275 e. The second kappa shape index (κ2) is 24.3. The maximum absolute atomic E-state index is 14.3. The van der Waals surface area contributed by atoms with Crippen molar-refractivity contribution >= 4 is 97.0 Å². The molecule has 16 nitrogen and oxygen atoms in total. The van der Waals surface area contributed by atoms with Crippen molar-refractivity contribution in [1.29, 1.82) is 0 Å². The van der Waals surface area contributed by atoms with Crippen LogP contribution in [0.15, 0.2) is 136 Å². The van der Waals surface area contributed by atoms with E-state index in [-0.39, 0.29) is 39.6 Å². The van der Waals surface area contributed by atoms with E-state index in [2.05, 4.69) is 73.2 Å². The van der Waals surface area contributed by atoms with Gasteiger partial charge in [0.05, 0.1) is 16.1 Å². The Labute approximate surface area is 447 Å². The molecule has 2 aliphatic heterocycles. The number of primary sulfonamides is 1. The molecule has 0 bridgehead atoms. The van der Waals surface area contributed by atoms with Crippen LogP contribution in [0.2, 0.25) is 15.1 Å². The number of likely N-dealkylation sites (N-methyl/N-ethyl adjacent to an activating group) is 1. The summed E-state index contributed by atoms with van der Waals surface area (Å²) >= 11 is 18.7. The number of nitrogen functional groups attached to an aromatic ring is 1. The van der Waals surface area contributed by atoms with Gasteiger partial charge in [0.25, 0.3) is 11.9 Å². The van der Waals surface area contributed by atoms with Gasteiger partial charge in [-0.2, -0.15) is 9.98 Å². The first kappa shape index (κ1) is 55.4. The van der Waals surface area contributed by atoms with E-state index in [0.717, 1.165) is 83.3 Å². The van der Waals surface area contributed by atoms with E-state index in [1.165, 1.54) is 66.8 Å². The fraction of sp³-hybridized carbons (Fsp3) is 0.189. The number of guanidine groups is 2. The number of anilines is 2. The van der Waals surface area contributed by atoms with Crippen LogP contribution in [0, 0.1) is 11.6 Å². The summed E-state index contributed by atoms with van der Waals surface area (Å²) in [6.45, 7) is 5.41. The first-order valence-corrected chi connectivity index (χ1v) is 25.9. The Hall–Kier alpha value is -7.39. The van der Waals surface area contributed by atoms with Crippen molar-refractivity contribution in [2.24, 2.45) is 38.1 Å². The number of fused-ring (bicyclic) bond motifs is 2. The van der Waals surface area contributed by atoms with Crippen LogP contribution in [0.1, 0.15) is 54.4 Å². The van der Waals surface area contributed by atoms with Crippen molar-refractivity contribution < 1.29 is 26.7 Å². The third kappa shape index (κ3) is 14.7. The molecule has 1 aromatic heterocycles. The van der Waals surface area contributed by atoms with Crippen molar-refractivity contribution in [3.8, 4) is 22.8 Å². The number of hydrogen-bond acceptors (Lipinski definition) is 10. The van der Waals surface area contributed by atoms with E-state index in [1.807, 2.05) is 36.4 Å². The summed E-state index contributed by atoms with van der Waals surface area (Å²) in [5.41, 5.74) is 35.2. The number of ether oxygens (including phenoxy) is 1. The van der Waals surface area contributed by atoms with Crippen LogP contribution in [-0.2, 0) is 21.4 Å². The number of piperidine rings is 1. The second-order valence-electron chi connectivity index (χ2n) is 17.6. The van der Waals surface area contributed by atoms with Crippen LogP contribution in [0.4, 0.5) is 26.1 Å². The highest BCUT2D eigenvalue weighted by molar-refractivity contribution is 7.89. The summed E-state index contributed by atoms with van der Waals surface area (Å²) in [4.78, 5) is 32.5. The molecular weight excluding hydrogens is 1050 g/mol. The maximum Gasteiger partial charge on any atom is 0.275 e. The number of amides is 1. The number of carbonyl (C=O) groups excluding carboxylic acids is 1. The van der Waals surface area contributed by atoms with Crippen molar-refractivity contribution in [1.82, 2.24) is 14.9 Å². The molecule has 7 aromatic rings. The minimum Gasteiger partial charge on any atom is -0.451 e. The van der Waals surface area contributed by atoms with E-state index in [9.17, 15) is 22.0 Å². The molecule has 0 aliphatic carbocycles. The lowest BCUT2D eigenvalue weighted by Crippen LogP contribution is -2.31. The van der Waals surface area contributed by atoms with Crippen LogP contribution in [0.5, 0.6) is 11.5 Å². The number of nitrogens with zero attached hydrogens (tertiary/aromatic N) is 6. The third-order valence-electron chi connectivity index (χ3n) is 11.9. The zero-order chi connectivity index (χ0) is 54.1. The van der Waals surface area contributed by atoms with Gasteiger partial charge in [-0.1, -0.05) is 59.1 Å². The zero-order valence-electron chi connectivity index (χ0n) is 40.7. The van der Waals surface area contributed by atoms with E-state index >= 15 is 0 Å². The minimum absolute atomic E-state index is 0.00684. The highest BCUT2D eigenvalue weighted by Gasteiger charge is 2.27. The van der Waals surface area contributed by atoms with E-state index in [0.29, 0.717) is 10.0 Å². The molecular formula is C53H53Cl3F2N12O4S. The molecule has 1 unspecified atom stereocenters. The van der Waals surface area contributed by atoms with Crippen molar-refractivity contribution in [2.75, 3.05) is 37.3 Å². The largest absolute Gasteiger partial charge is 0.451 e. The van der Waals surface area contributed by atoms with Crippen molar-refractivity contribution in [2.45, 2.75) is 43.5 Å². The highest BCUT2D eigenvalue weighted by atomic mass is 35.5. The van der Waals surface area contributed by atoms with Crippen molar-refractivity contribution in [3.63, 3.8) is 0 Å². The Balaban J connectivity index is 0.000000166. The topological polar surface area (TPSA) is 274 Å². The first-order valence-electron chi connectivity index (χ1n) is 23.2. The molecule has 75 heavy (non-hydrogen) atoms. The zero-order valence-corrected chi connectivity index (χ0v) is 43.7. The molecule has 6 aromatic carbocycles. The molecule has 1 amide bonds. The average Bonchev–Trinajstić information content (AvgIpc) is 3.35. The quantitative estimate of drug-likeness (QED) is 0.0340. The minimum atomic E-state index is -3.90. The molecule has 390 valence electrons. The molecule has 0 radical (unpaired) electrons. The van der Waals surface area contributed by atoms with Gasteiger partial charge in [0.2, 0.25) is 10.0 Å². The van der Waals surface area contributed by atoms with Gasteiger partial charge in [0.1, 0.15) is 5.75 Å². The van der Waals surface area contributed by atoms with Gasteiger partial charge in [0, 0.05) is 75.1 Å². The number of benzene rings is 6. The summed E-state index contributed by atoms with van der Waals surface area (Å²) in [5.74, 6) is -3.53. The summed E-state index contributed by atoms with van der Waals surface area (Å²) in [6, 6.07) is 32.4. The monoisotopic (exact) mass is 1100 g/mol. The van der Waals surface area contributed by atoms with Gasteiger partial charge in [-0.3, -0.25) is 4.79 Å². The molecule has 0 spiro atoms. The van der Waals surface area contributed by atoms with Gasteiger partial charge in [0.15, 0.2) is 29.3 Å². The fourth-order valence-electron chi connectivity index (χ4n) is 8.41. The van der Waals surface area contributed by atoms with Gasteiger partial charge in [-0.15, -0.1) is 0 Å². The van der Waals surface area contributed by atoms with Crippen LogP contribution in [-0.4, -0.2) is 67.8 Å². The SMILES string of the molecule is C/C(=C\c1cc(F)c(Oc2ccc(S(N)(=O)=O)cc2)c(F)c1)C(=O)N=C(N)N.CN1Cc2c(Cl)cc(Cl)cc2C(c2ccc(N)cc2)C1.NC(N)=Nc1nc(-c2ccc(N3CCCCC3)cc2)c2cc(Cl)ccc2n1. The predicted molar refractivity (Wildman–Crippen MR) is 296 cm³/mol. The second-order valence-corrected chi connectivity index (χ2v) is 20.5. The number of hydrogen-bond donors (Lipinski definition) is 6. The van der Waals surface area contributed by atoms with Gasteiger partial charge >= 0.3 is 0 Å². The van der Waals surface area contributed by atoms with Crippen LogP contribution < -0.4 is 43.4 Å². The van der Waals surface area contributed by atoms with Crippen molar-refractivity contribution in [3.05, 3.63) is 170 Å². The number of rotatable bonds is 9. The predicted octanol–water partition coefficient (Wildman–Crippen LogP) is 9.61. The molecule has 1 fully saturated rings. The normalized spacial score (nSPS) is 14.6. The summed E-state index contributed by atoms with van der Waals surface area (Å²) in [5, 5.41) is 7.91. The molecule has 12 N–H and O–H groups in total. The lowest BCUT2D eigenvalue weighted by Gasteiger charge is -2.33. The summed E-state index contributed by atoms with van der Waals surface area (Å²) in [7, 11) is -1.79. The van der Waals surface area contributed by atoms with Gasteiger partial charge < -0.3 is 43.2 Å². The number of aromatic nitrogens is 2. The standard InChI is InChI=1S/C20H21ClN6.C17H16F2N4O4S.C16H16Cl2N2/c21-14-6-9-17-16(12-14)18(25-20(24-17)26-19(22)23)13-4-7-15(8-5-13)27-10-2-1-3-11-27;1-9(16(24)23-17(20)21)6-10-7-13(18)15(14(19)8-10)27-11-2-4-12(5-3-11)28(22,25)26;1-20-8-14(10-2-4-12(19)5-3-10)13-6-11(17)7-16(18)15(13)9-20/h4-9,12H,1-3,10-11H2,(H4,22,23,24,25,26);2-8H,1H3,(H2,22,25,26)(H4,20,21,23,24);2-7,14H,8-9,19H2,1H3/b;9-6+;. The van der Waals surface area contributed by atoms with Crippen LogP contribution in [0.3, 0.4) is 0 Å². The maximum atomic E-state index is 14.3. The Morgan fingerprint density at radius 2 is 1.45 bits per heavy atom.